The van der Waals surface area contributed by atoms with Gasteiger partial charge in [-0.1, -0.05) is 35.9 Å². The SMILES string of the molecule is CN=S(C)(=O)c1ccc(-c2ccccc2OCF)cc1Cl. The summed E-state index contributed by atoms with van der Waals surface area (Å²) in [5.74, 6) is 0.432. The van der Waals surface area contributed by atoms with Gasteiger partial charge in [-0.25, -0.2) is 13.0 Å². The van der Waals surface area contributed by atoms with Crippen molar-refractivity contribution in [3.05, 3.63) is 47.5 Å². The summed E-state index contributed by atoms with van der Waals surface area (Å²) in [6.07, 6.45) is 1.54. The fraction of sp³-hybridized carbons (Fsp3) is 0.200. The molecule has 0 N–H and O–H groups in total. The van der Waals surface area contributed by atoms with Crippen LogP contribution in [-0.4, -0.2) is 24.4 Å². The molecule has 3 nitrogen and oxygen atoms in total. The first kappa shape index (κ1) is 15.8. The van der Waals surface area contributed by atoms with Crippen LogP contribution in [-0.2, 0) is 9.73 Å². The third-order valence-corrected chi connectivity index (χ3v) is 5.39. The van der Waals surface area contributed by atoms with Crippen LogP contribution in [0.5, 0.6) is 5.75 Å². The summed E-state index contributed by atoms with van der Waals surface area (Å²) >= 11 is 6.22. The first-order valence-corrected chi connectivity index (χ1v) is 8.47. The number of alkyl halides is 1. The molecule has 21 heavy (non-hydrogen) atoms. The quantitative estimate of drug-likeness (QED) is 0.834. The van der Waals surface area contributed by atoms with E-state index in [1.54, 1.807) is 30.3 Å². The Bertz CT molecular complexity index is 770. The second-order valence-electron chi connectivity index (χ2n) is 4.38. The molecule has 0 radical (unpaired) electrons. The minimum atomic E-state index is -2.50. The van der Waals surface area contributed by atoms with Crippen LogP contribution in [0.1, 0.15) is 0 Å². The predicted molar refractivity (Wildman–Crippen MR) is 84.2 cm³/mol. The largest absolute Gasteiger partial charge is 0.462 e. The van der Waals surface area contributed by atoms with Gasteiger partial charge in [-0.15, -0.1) is 0 Å². The molecule has 2 rings (SSSR count). The molecule has 2 aromatic carbocycles. The third-order valence-electron chi connectivity index (χ3n) is 3.10. The van der Waals surface area contributed by atoms with Gasteiger partial charge in [-0.05, 0) is 23.8 Å². The minimum Gasteiger partial charge on any atom is -0.462 e. The molecule has 6 heteroatoms. The molecule has 112 valence electrons. The number of hydrogen-bond acceptors (Lipinski definition) is 3. The molecule has 0 heterocycles. The van der Waals surface area contributed by atoms with Gasteiger partial charge >= 0.3 is 0 Å². The second-order valence-corrected chi connectivity index (χ2v) is 7.20. The maximum Gasteiger partial charge on any atom is 0.228 e. The highest BCUT2D eigenvalue weighted by molar-refractivity contribution is 7.93. The number of hydrogen-bond donors (Lipinski definition) is 0. The molecule has 1 unspecified atom stereocenters. The number of benzene rings is 2. The van der Waals surface area contributed by atoms with E-state index in [9.17, 15) is 8.60 Å². The number of ether oxygens (including phenoxy) is 1. The number of nitrogens with zero attached hydrogens (tertiary/aromatic N) is 1. The summed E-state index contributed by atoms with van der Waals surface area (Å²) in [6, 6.07) is 12.2. The van der Waals surface area contributed by atoms with E-state index in [0.717, 1.165) is 11.1 Å². The van der Waals surface area contributed by atoms with Gasteiger partial charge in [0.25, 0.3) is 0 Å². The van der Waals surface area contributed by atoms with Crippen molar-refractivity contribution in [3.8, 4) is 16.9 Å². The first-order chi connectivity index (χ1) is 9.99. The average molecular weight is 328 g/mol. The zero-order chi connectivity index (χ0) is 15.5. The molecule has 0 saturated heterocycles. The lowest BCUT2D eigenvalue weighted by atomic mass is 10.0. The first-order valence-electron chi connectivity index (χ1n) is 6.17. The average Bonchev–Trinajstić information content (AvgIpc) is 2.48. The monoisotopic (exact) mass is 327 g/mol. The van der Waals surface area contributed by atoms with Crippen molar-refractivity contribution >= 4 is 21.3 Å². The van der Waals surface area contributed by atoms with Crippen LogP contribution < -0.4 is 4.74 Å². The van der Waals surface area contributed by atoms with Gasteiger partial charge in [0, 0.05) is 18.9 Å². The van der Waals surface area contributed by atoms with E-state index in [-0.39, 0.29) is 0 Å². The summed E-state index contributed by atoms with van der Waals surface area (Å²) in [6.45, 7) is -0.902. The molecule has 0 aliphatic rings. The Hall–Kier alpha value is -1.59. The fourth-order valence-corrected chi connectivity index (χ4v) is 3.51. The minimum absolute atomic E-state index is 0.362. The number of halogens is 2. The van der Waals surface area contributed by atoms with Crippen LogP contribution in [0.15, 0.2) is 51.7 Å². The molecule has 2 aromatic rings. The summed E-state index contributed by atoms with van der Waals surface area (Å²) in [7, 11) is -0.999. The van der Waals surface area contributed by atoms with Gasteiger partial charge < -0.3 is 4.74 Å². The van der Waals surface area contributed by atoms with Crippen molar-refractivity contribution in [2.45, 2.75) is 4.90 Å². The van der Waals surface area contributed by atoms with E-state index >= 15 is 0 Å². The molecule has 0 bridgehead atoms. The zero-order valence-corrected chi connectivity index (χ0v) is 13.2. The van der Waals surface area contributed by atoms with E-state index in [2.05, 4.69) is 4.36 Å². The van der Waals surface area contributed by atoms with E-state index in [0.29, 0.717) is 15.7 Å². The van der Waals surface area contributed by atoms with Crippen molar-refractivity contribution in [1.82, 2.24) is 0 Å². The van der Waals surface area contributed by atoms with Gasteiger partial charge in [-0.2, -0.15) is 0 Å². The molecule has 0 aliphatic carbocycles. The van der Waals surface area contributed by atoms with Gasteiger partial charge in [0.1, 0.15) is 5.75 Å². The molecular weight excluding hydrogens is 313 g/mol. The van der Waals surface area contributed by atoms with Crippen LogP contribution in [0.3, 0.4) is 0 Å². The van der Waals surface area contributed by atoms with Crippen molar-refractivity contribution < 1.29 is 13.3 Å². The molecule has 0 aliphatic heterocycles. The highest BCUT2D eigenvalue weighted by Crippen LogP contribution is 2.34. The number of rotatable bonds is 4. The smallest absolute Gasteiger partial charge is 0.228 e. The van der Waals surface area contributed by atoms with Crippen LogP contribution in [0.4, 0.5) is 4.39 Å². The summed E-state index contributed by atoms with van der Waals surface area (Å²) in [5, 5.41) is 0.362. The summed E-state index contributed by atoms with van der Waals surface area (Å²) in [4.78, 5) is 0.485. The number of para-hydroxylation sites is 1. The Labute approximate surface area is 128 Å². The van der Waals surface area contributed by atoms with Crippen molar-refractivity contribution in [2.75, 3.05) is 20.2 Å². The van der Waals surface area contributed by atoms with Gasteiger partial charge in [0.15, 0.2) is 0 Å². The maximum atomic E-state index is 12.4. The normalized spacial score (nSPS) is 13.5. The van der Waals surface area contributed by atoms with Crippen molar-refractivity contribution in [3.63, 3.8) is 0 Å². The standard InChI is InChI=1S/C15H15ClFNO2S/c1-18-21(2,19)15-8-7-11(9-13(15)16)12-5-3-4-6-14(12)20-10-17/h3-9H,10H2,1-2H3. The Morgan fingerprint density at radius 1 is 1.29 bits per heavy atom. The molecular formula is C15H15ClFNO2S. The lowest BCUT2D eigenvalue weighted by molar-refractivity contribution is 0.192. The second kappa shape index (κ2) is 6.45. The molecule has 0 saturated carbocycles. The van der Waals surface area contributed by atoms with Crippen LogP contribution in [0.2, 0.25) is 5.02 Å². The van der Waals surface area contributed by atoms with Gasteiger partial charge in [-0.3, -0.25) is 0 Å². The Morgan fingerprint density at radius 3 is 2.62 bits per heavy atom. The lowest BCUT2D eigenvalue weighted by Crippen LogP contribution is -1.98. The third kappa shape index (κ3) is 3.36. The zero-order valence-electron chi connectivity index (χ0n) is 11.7. The van der Waals surface area contributed by atoms with E-state index in [4.69, 9.17) is 16.3 Å². The van der Waals surface area contributed by atoms with Crippen LogP contribution in [0, 0.1) is 0 Å². The van der Waals surface area contributed by atoms with Crippen molar-refractivity contribution in [1.29, 1.82) is 0 Å². The summed E-state index contributed by atoms with van der Waals surface area (Å²) < 4.78 is 33.5. The molecule has 0 aromatic heterocycles. The topological polar surface area (TPSA) is 38.7 Å². The molecule has 0 fully saturated rings. The van der Waals surface area contributed by atoms with Gasteiger partial charge in [0.2, 0.25) is 6.86 Å². The molecule has 0 spiro atoms. The molecule has 1 atom stereocenters. The van der Waals surface area contributed by atoms with E-state index in [1.165, 1.54) is 13.3 Å². The highest BCUT2D eigenvalue weighted by Gasteiger charge is 2.13. The van der Waals surface area contributed by atoms with E-state index in [1.807, 2.05) is 12.1 Å². The van der Waals surface area contributed by atoms with Gasteiger partial charge in [0.05, 0.1) is 19.6 Å². The molecule has 0 amide bonds. The Morgan fingerprint density at radius 2 is 2.00 bits per heavy atom. The van der Waals surface area contributed by atoms with E-state index < -0.39 is 16.6 Å². The fourth-order valence-electron chi connectivity index (χ4n) is 1.96. The maximum absolute atomic E-state index is 12.4. The Balaban J connectivity index is 2.54. The Kier molecular flexibility index (Phi) is 4.85. The highest BCUT2D eigenvalue weighted by atomic mass is 35.5. The van der Waals surface area contributed by atoms with Crippen LogP contribution >= 0.6 is 11.6 Å². The summed E-state index contributed by atoms with van der Waals surface area (Å²) in [5.41, 5.74) is 1.48. The van der Waals surface area contributed by atoms with Crippen molar-refractivity contribution in [2.24, 2.45) is 4.36 Å². The lowest BCUT2D eigenvalue weighted by Gasteiger charge is -2.11. The van der Waals surface area contributed by atoms with Crippen LogP contribution in [0.25, 0.3) is 11.1 Å². The predicted octanol–water partition coefficient (Wildman–Crippen LogP) is 4.40.